The SMILES string of the molecule is CC(C)c1nc(C2COC2)nc(C(C)(C)C)n1. The van der Waals surface area contributed by atoms with Gasteiger partial charge in [0.05, 0.1) is 19.1 Å². The van der Waals surface area contributed by atoms with Gasteiger partial charge in [-0.05, 0) is 0 Å². The van der Waals surface area contributed by atoms with Crippen LogP contribution in [0, 0.1) is 0 Å². The topological polar surface area (TPSA) is 47.9 Å². The minimum atomic E-state index is -0.0358. The van der Waals surface area contributed by atoms with Crippen LogP contribution >= 0.6 is 0 Å². The average Bonchev–Trinajstić information content (AvgIpc) is 2.13. The van der Waals surface area contributed by atoms with E-state index in [1.54, 1.807) is 0 Å². The number of nitrogens with zero attached hydrogens (tertiary/aromatic N) is 3. The highest BCUT2D eigenvalue weighted by Crippen LogP contribution is 2.25. The maximum Gasteiger partial charge on any atom is 0.140 e. The Bertz CT molecular complexity index is 406. The van der Waals surface area contributed by atoms with E-state index in [1.165, 1.54) is 0 Å². The van der Waals surface area contributed by atoms with Crippen molar-refractivity contribution in [3.63, 3.8) is 0 Å². The molecule has 0 aliphatic carbocycles. The van der Waals surface area contributed by atoms with Gasteiger partial charge < -0.3 is 4.74 Å². The number of aromatic nitrogens is 3. The van der Waals surface area contributed by atoms with Crippen LogP contribution < -0.4 is 0 Å². The molecule has 2 rings (SSSR count). The Morgan fingerprint density at radius 3 is 2.18 bits per heavy atom. The molecule has 0 spiro atoms. The molecule has 1 aliphatic heterocycles. The summed E-state index contributed by atoms with van der Waals surface area (Å²) in [6.07, 6.45) is 0. The van der Waals surface area contributed by atoms with Gasteiger partial charge in [0.2, 0.25) is 0 Å². The molecule has 1 fully saturated rings. The van der Waals surface area contributed by atoms with Gasteiger partial charge in [-0.15, -0.1) is 0 Å². The zero-order valence-corrected chi connectivity index (χ0v) is 11.3. The fourth-order valence-corrected chi connectivity index (χ4v) is 1.57. The fraction of sp³-hybridized carbons (Fsp3) is 0.769. The summed E-state index contributed by atoms with van der Waals surface area (Å²) in [5, 5.41) is 0. The normalized spacial score (nSPS) is 17.3. The molecule has 0 amide bonds. The molecule has 0 radical (unpaired) electrons. The first-order valence-electron chi connectivity index (χ1n) is 6.22. The summed E-state index contributed by atoms with van der Waals surface area (Å²) in [6, 6.07) is 0. The fourth-order valence-electron chi connectivity index (χ4n) is 1.57. The quantitative estimate of drug-likeness (QED) is 0.789. The molecular weight excluding hydrogens is 214 g/mol. The summed E-state index contributed by atoms with van der Waals surface area (Å²) in [6.45, 7) is 12.1. The molecular formula is C13H21N3O. The molecule has 0 saturated carbocycles. The third-order valence-corrected chi connectivity index (χ3v) is 2.86. The van der Waals surface area contributed by atoms with Crippen LogP contribution in [0.5, 0.6) is 0 Å². The van der Waals surface area contributed by atoms with Crippen LogP contribution in [0.3, 0.4) is 0 Å². The first kappa shape index (κ1) is 12.4. The van der Waals surface area contributed by atoms with Gasteiger partial charge in [-0.25, -0.2) is 15.0 Å². The standard InChI is InChI=1S/C13H21N3O/c1-8(2)10-14-11(9-6-17-7-9)16-12(15-10)13(3,4)5/h8-9H,6-7H2,1-5H3. The monoisotopic (exact) mass is 235 g/mol. The van der Waals surface area contributed by atoms with E-state index < -0.39 is 0 Å². The smallest absolute Gasteiger partial charge is 0.140 e. The Morgan fingerprint density at radius 1 is 1.12 bits per heavy atom. The Labute approximate surface area is 103 Å². The molecule has 1 aliphatic rings. The molecule has 94 valence electrons. The van der Waals surface area contributed by atoms with Crippen LogP contribution in [-0.4, -0.2) is 28.2 Å². The molecule has 0 atom stereocenters. The van der Waals surface area contributed by atoms with E-state index in [4.69, 9.17) is 4.74 Å². The van der Waals surface area contributed by atoms with Crippen molar-refractivity contribution in [1.82, 2.24) is 15.0 Å². The molecule has 1 aromatic heterocycles. The van der Waals surface area contributed by atoms with Crippen molar-refractivity contribution < 1.29 is 4.74 Å². The van der Waals surface area contributed by atoms with E-state index in [1.807, 2.05) is 0 Å². The zero-order valence-electron chi connectivity index (χ0n) is 11.3. The number of ether oxygens (including phenoxy) is 1. The van der Waals surface area contributed by atoms with Crippen LogP contribution in [0.15, 0.2) is 0 Å². The lowest BCUT2D eigenvalue weighted by atomic mass is 9.95. The highest BCUT2D eigenvalue weighted by Gasteiger charge is 2.27. The lowest BCUT2D eigenvalue weighted by Gasteiger charge is -2.26. The molecule has 4 nitrogen and oxygen atoms in total. The summed E-state index contributed by atoms with van der Waals surface area (Å²) < 4.78 is 5.21. The Morgan fingerprint density at radius 2 is 1.76 bits per heavy atom. The van der Waals surface area contributed by atoms with E-state index >= 15 is 0 Å². The van der Waals surface area contributed by atoms with Gasteiger partial charge in [0.15, 0.2) is 0 Å². The molecule has 4 heteroatoms. The number of hydrogen-bond acceptors (Lipinski definition) is 4. The molecule has 1 saturated heterocycles. The van der Waals surface area contributed by atoms with Gasteiger partial charge in [-0.3, -0.25) is 0 Å². The summed E-state index contributed by atoms with van der Waals surface area (Å²) >= 11 is 0. The second-order valence-electron chi connectivity index (χ2n) is 6.01. The maximum absolute atomic E-state index is 5.21. The molecule has 0 aromatic carbocycles. The van der Waals surface area contributed by atoms with Crippen molar-refractivity contribution >= 4 is 0 Å². The van der Waals surface area contributed by atoms with Crippen LogP contribution in [0.4, 0.5) is 0 Å². The second kappa shape index (κ2) is 4.33. The third-order valence-electron chi connectivity index (χ3n) is 2.86. The van der Waals surface area contributed by atoms with Crippen LogP contribution in [-0.2, 0) is 10.2 Å². The van der Waals surface area contributed by atoms with Gasteiger partial charge in [0, 0.05) is 11.3 Å². The molecule has 1 aromatic rings. The largest absolute Gasteiger partial charge is 0.380 e. The van der Waals surface area contributed by atoms with Gasteiger partial charge in [-0.1, -0.05) is 34.6 Å². The van der Waals surface area contributed by atoms with Gasteiger partial charge >= 0.3 is 0 Å². The summed E-state index contributed by atoms with van der Waals surface area (Å²) in [5.41, 5.74) is -0.0358. The van der Waals surface area contributed by atoms with Gasteiger partial charge in [0.1, 0.15) is 17.5 Å². The summed E-state index contributed by atoms with van der Waals surface area (Å²) in [5.74, 6) is 3.38. The number of rotatable bonds is 2. The van der Waals surface area contributed by atoms with Crippen LogP contribution in [0.2, 0.25) is 0 Å². The van der Waals surface area contributed by atoms with Crippen LogP contribution in [0.1, 0.15) is 63.9 Å². The predicted molar refractivity (Wildman–Crippen MR) is 66.2 cm³/mol. The van der Waals surface area contributed by atoms with E-state index in [2.05, 4.69) is 49.6 Å². The van der Waals surface area contributed by atoms with Gasteiger partial charge in [0.25, 0.3) is 0 Å². The van der Waals surface area contributed by atoms with Crippen molar-refractivity contribution in [2.75, 3.05) is 13.2 Å². The third kappa shape index (κ3) is 2.63. The lowest BCUT2D eigenvalue weighted by Crippen LogP contribution is -2.30. The molecule has 17 heavy (non-hydrogen) atoms. The van der Waals surface area contributed by atoms with Crippen molar-refractivity contribution in [3.8, 4) is 0 Å². The molecule has 0 N–H and O–H groups in total. The highest BCUT2D eigenvalue weighted by atomic mass is 16.5. The first-order valence-corrected chi connectivity index (χ1v) is 6.22. The number of hydrogen-bond donors (Lipinski definition) is 0. The van der Waals surface area contributed by atoms with Crippen molar-refractivity contribution in [2.24, 2.45) is 0 Å². The minimum absolute atomic E-state index is 0.0358. The minimum Gasteiger partial charge on any atom is -0.380 e. The Hall–Kier alpha value is -1.03. The highest BCUT2D eigenvalue weighted by molar-refractivity contribution is 5.11. The van der Waals surface area contributed by atoms with E-state index in [-0.39, 0.29) is 5.41 Å². The Kier molecular flexibility index (Phi) is 3.17. The van der Waals surface area contributed by atoms with E-state index in [9.17, 15) is 0 Å². The summed E-state index contributed by atoms with van der Waals surface area (Å²) in [4.78, 5) is 13.8. The first-order chi connectivity index (χ1) is 7.88. The molecule has 0 bridgehead atoms. The van der Waals surface area contributed by atoms with Crippen molar-refractivity contribution in [3.05, 3.63) is 17.5 Å². The van der Waals surface area contributed by atoms with Crippen molar-refractivity contribution in [1.29, 1.82) is 0 Å². The second-order valence-corrected chi connectivity index (χ2v) is 6.01. The van der Waals surface area contributed by atoms with Crippen LogP contribution in [0.25, 0.3) is 0 Å². The summed E-state index contributed by atoms with van der Waals surface area (Å²) in [7, 11) is 0. The lowest BCUT2D eigenvalue weighted by molar-refractivity contribution is 0.00444. The molecule has 2 heterocycles. The zero-order chi connectivity index (χ0) is 12.6. The van der Waals surface area contributed by atoms with E-state index in [0.717, 1.165) is 30.7 Å². The Balaban J connectivity index is 2.42. The molecule has 0 unspecified atom stereocenters. The maximum atomic E-state index is 5.21. The average molecular weight is 235 g/mol. The predicted octanol–water partition coefficient (Wildman–Crippen LogP) is 2.41. The van der Waals surface area contributed by atoms with Crippen molar-refractivity contribution in [2.45, 2.75) is 51.9 Å². The van der Waals surface area contributed by atoms with Gasteiger partial charge in [-0.2, -0.15) is 0 Å². The van der Waals surface area contributed by atoms with E-state index in [0.29, 0.717) is 11.8 Å².